The SMILES string of the molecule is Cc1nc(CN2CCN(C(=O)[C@@H](NC(=O)OCc3ccccc3)C(C)C)CC2)cs1. The van der Waals surface area contributed by atoms with Crippen molar-refractivity contribution in [1.82, 2.24) is 20.1 Å². The van der Waals surface area contributed by atoms with E-state index in [4.69, 9.17) is 4.74 Å². The summed E-state index contributed by atoms with van der Waals surface area (Å²) in [7, 11) is 0. The van der Waals surface area contributed by atoms with Crippen molar-refractivity contribution in [3.8, 4) is 0 Å². The van der Waals surface area contributed by atoms with Gasteiger partial charge in [0.05, 0.1) is 10.7 Å². The van der Waals surface area contributed by atoms with E-state index in [1.165, 1.54) is 0 Å². The fourth-order valence-electron chi connectivity index (χ4n) is 3.44. The van der Waals surface area contributed by atoms with E-state index in [1.54, 1.807) is 11.3 Å². The molecule has 1 fully saturated rings. The fraction of sp³-hybridized carbons (Fsp3) is 0.500. The van der Waals surface area contributed by atoms with Gasteiger partial charge >= 0.3 is 6.09 Å². The Morgan fingerprint density at radius 1 is 1.17 bits per heavy atom. The Morgan fingerprint density at radius 2 is 1.87 bits per heavy atom. The van der Waals surface area contributed by atoms with Gasteiger partial charge in [0.25, 0.3) is 0 Å². The molecule has 1 N–H and O–H groups in total. The second-order valence-corrected chi connectivity index (χ2v) is 8.95. The molecule has 8 heteroatoms. The van der Waals surface area contributed by atoms with Crippen molar-refractivity contribution in [3.05, 3.63) is 52.0 Å². The van der Waals surface area contributed by atoms with Gasteiger partial charge in [-0.2, -0.15) is 0 Å². The number of hydrogen-bond acceptors (Lipinski definition) is 6. The van der Waals surface area contributed by atoms with E-state index >= 15 is 0 Å². The molecule has 1 aliphatic heterocycles. The van der Waals surface area contributed by atoms with Crippen LogP contribution in [-0.2, 0) is 22.7 Å². The van der Waals surface area contributed by atoms with Gasteiger partial charge in [-0.25, -0.2) is 9.78 Å². The van der Waals surface area contributed by atoms with Gasteiger partial charge in [0.15, 0.2) is 0 Å². The second-order valence-electron chi connectivity index (χ2n) is 7.89. The molecule has 0 aliphatic carbocycles. The lowest BCUT2D eigenvalue weighted by atomic mass is 10.0. The molecule has 0 bridgehead atoms. The quantitative estimate of drug-likeness (QED) is 0.731. The van der Waals surface area contributed by atoms with Gasteiger partial charge in [-0.15, -0.1) is 11.3 Å². The summed E-state index contributed by atoms with van der Waals surface area (Å²) in [6, 6.07) is 8.89. The smallest absolute Gasteiger partial charge is 0.408 e. The third kappa shape index (κ3) is 6.27. The number of nitrogens with zero attached hydrogens (tertiary/aromatic N) is 3. The lowest BCUT2D eigenvalue weighted by Gasteiger charge is -2.37. The molecule has 1 atom stereocenters. The average Bonchev–Trinajstić information content (AvgIpc) is 3.15. The summed E-state index contributed by atoms with van der Waals surface area (Å²) in [4.78, 5) is 34.0. The number of rotatable bonds is 7. The van der Waals surface area contributed by atoms with Crippen LogP contribution in [0, 0.1) is 12.8 Å². The molecular formula is C22H30N4O3S. The summed E-state index contributed by atoms with van der Waals surface area (Å²) >= 11 is 1.66. The molecule has 0 spiro atoms. The molecular weight excluding hydrogens is 400 g/mol. The normalized spacial score (nSPS) is 15.8. The Bertz CT molecular complexity index is 832. The zero-order valence-corrected chi connectivity index (χ0v) is 18.7. The molecule has 162 valence electrons. The molecule has 2 heterocycles. The first-order valence-corrected chi connectivity index (χ1v) is 11.2. The van der Waals surface area contributed by atoms with Crippen LogP contribution in [0.3, 0.4) is 0 Å². The highest BCUT2D eigenvalue weighted by Gasteiger charge is 2.31. The molecule has 0 saturated carbocycles. The summed E-state index contributed by atoms with van der Waals surface area (Å²) in [6.45, 7) is 9.75. The van der Waals surface area contributed by atoms with E-state index in [9.17, 15) is 9.59 Å². The van der Waals surface area contributed by atoms with Crippen molar-refractivity contribution in [3.63, 3.8) is 0 Å². The van der Waals surface area contributed by atoms with Crippen molar-refractivity contribution in [1.29, 1.82) is 0 Å². The number of benzene rings is 1. The van der Waals surface area contributed by atoms with Gasteiger partial charge in [0.2, 0.25) is 5.91 Å². The first kappa shape index (κ1) is 22.2. The molecule has 1 aromatic carbocycles. The number of piperazine rings is 1. The number of nitrogens with one attached hydrogen (secondary N) is 1. The van der Waals surface area contributed by atoms with Crippen molar-refractivity contribution in [2.45, 2.75) is 40.0 Å². The maximum atomic E-state index is 13.0. The van der Waals surface area contributed by atoms with Gasteiger partial charge in [-0.05, 0) is 18.4 Å². The van der Waals surface area contributed by atoms with Crippen molar-refractivity contribution in [2.75, 3.05) is 26.2 Å². The molecule has 3 rings (SSSR count). The van der Waals surface area contributed by atoms with Crippen LogP contribution in [0.5, 0.6) is 0 Å². The van der Waals surface area contributed by atoms with E-state index in [1.807, 2.05) is 56.0 Å². The summed E-state index contributed by atoms with van der Waals surface area (Å²) in [6.07, 6.45) is -0.566. The highest BCUT2D eigenvalue weighted by Crippen LogP contribution is 2.14. The summed E-state index contributed by atoms with van der Waals surface area (Å²) < 4.78 is 5.30. The Morgan fingerprint density at radius 3 is 2.47 bits per heavy atom. The minimum absolute atomic E-state index is 0.0298. The number of hydrogen-bond donors (Lipinski definition) is 1. The number of thiazole rings is 1. The average molecular weight is 431 g/mol. The van der Waals surface area contributed by atoms with E-state index in [2.05, 4.69) is 20.6 Å². The van der Waals surface area contributed by atoms with Crippen molar-refractivity contribution in [2.24, 2.45) is 5.92 Å². The van der Waals surface area contributed by atoms with Gasteiger partial charge in [0.1, 0.15) is 12.6 Å². The fourth-order valence-corrected chi connectivity index (χ4v) is 4.04. The van der Waals surface area contributed by atoms with Gasteiger partial charge in [0, 0.05) is 38.1 Å². The van der Waals surface area contributed by atoms with Crippen molar-refractivity contribution < 1.29 is 14.3 Å². The molecule has 2 aromatic rings. The Hall–Kier alpha value is -2.45. The van der Waals surface area contributed by atoms with E-state index < -0.39 is 12.1 Å². The van der Waals surface area contributed by atoms with Crippen molar-refractivity contribution >= 4 is 23.3 Å². The second kappa shape index (κ2) is 10.5. The molecule has 1 aliphatic rings. The zero-order chi connectivity index (χ0) is 21.5. The highest BCUT2D eigenvalue weighted by atomic mass is 32.1. The predicted molar refractivity (Wildman–Crippen MR) is 117 cm³/mol. The Balaban J connectivity index is 1.48. The molecule has 1 aromatic heterocycles. The number of carbonyl (C=O) groups excluding carboxylic acids is 2. The van der Waals surface area contributed by atoms with Crippen LogP contribution >= 0.6 is 11.3 Å². The van der Waals surface area contributed by atoms with Crippen LogP contribution in [-0.4, -0.2) is 59.0 Å². The molecule has 30 heavy (non-hydrogen) atoms. The highest BCUT2D eigenvalue weighted by molar-refractivity contribution is 7.09. The number of ether oxygens (including phenoxy) is 1. The first-order valence-electron chi connectivity index (χ1n) is 10.3. The van der Waals surface area contributed by atoms with Crippen LogP contribution in [0.2, 0.25) is 0 Å². The standard InChI is InChI=1S/C22H30N4O3S/c1-16(2)20(24-22(28)29-14-18-7-5-4-6-8-18)21(27)26-11-9-25(10-12-26)13-19-15-30-17(3)23-19/h4-8,15-16,20H,9-14H2,1-3H3,(H,24,28)/t20-/m0/s1. The monoisotopic (exact) mass is 430 g/mol. The van der Waals surface area contributed by atoms with E-state index in [0.717, 1.165) is 35.9 Å². The number of alkyl carbamates (subject to hydrolysis) is 1. The lowest BCUT2D eigenvalue weighted by Crippen LogP contribution is -2.56. The third-order valence-corrected chi connectivity index (χ3v) is 5.98. The van der Waals surface area contributed by atoms with Crippen LogP contribution in [0.15, 0.2) is 35.7 Å². The summed E-state index contributed by atoms with van der Waals surface area (Å²) in [5.74, 6) is -0.0800. The van der Waals surface area contributed by atoms with Crippen LogP contribution in [0.4, 0.5) is 4.79 Å². The Kier molecular flexibility index (Phi) is 7.81. The molecule has 0 radical (unpaired) electrons. The van der Waals surface area contributed by atoms with E-state index in [-0.39, 0.29) is 18.4 Å². The minimum Gasteiger partial charge on any atom is -0.445 e. The Labute approximate surface area is 182 Å². The maximum Gasteiger partial charge on any atom is 0.408 e. The minimum atomic E-state index is -0.596. The first-order chi connectivity index (χ1) is 14.4. The van der Waals surface area contributed by atoms with Gasteiger partial charge in [-0.1, -0.05) is 44.2 Å². The van der Waals surface area contributed by atoms with E-state index in [0.29, 0.717) is 13.1 Å². The third-order valence-electron chi connectivity index (χ3n) is 5.15. The molecule has 7 nitrogen and oxygen atoms in total. The topological polar surface area (TPSA) is 74.8 Å². The maximum absolute atomic E-state index is 13.0. The predicted octanol–water partition coefficient (Wildman–Crippen LogP) is 3.05. The molecule has 0 unspecified atom stereocenters. The largest absolute Gasteiger partial charge is 0.445 e. The van der Waals surface area contributed by atoms with Gasteiger partial charge < -0.3 is 15.0 Å². The summed E-state index contributed by atoms with van der Waals surface area (Å²) in [5.41, 5.74) is 1.99. The number of aryl methyl sites for hydroxylation is 1. The number of amides is 2. The number of carbonyl (C=O) groups is 2. The van der Waals surface area contributed by atoms with Crippen LogP contribution in [0.25, 0.3) is 0 Å². The number of aromatic nitrogens is 1. The van der Waals surface area contributed by atoms with Gasteiger partial charge in [-0.3, -0.25) is 9.69 Å². The lowest BCUT2D eigenvalue weighted by molar-refractivity contribution is -0.136. The molecule has 1 saturated heterocycles. The van der Waals surface area contributed by atoms with Crippen LogP contribution < -0.4 is 5.32 Å². The summed E-state index contributed by atoms with van der Waals surface area (Å²) in [5, 5.41) is 5.93. The zero-order valence-electron chi connectivity index (χ0n) is 17.8. The van der Waals surface area contributed by atoms with Crippen LogP contribution in [0.1, 0.15) is 30.1 Å². The molecule has 2 amide bonds.